The fourth-order valence-corrected chi connectivity index (χ4v) is 3.03. The zero-order valence-electron chi connectivity index (χ0n) is 10.6. The van der Waals surface area contributed by atoms with Gasteiger partial charge in [0.05, 0.1) is 5.69 Å². The number of anilines is 1. The molecule has 0 aliphatic heterocycles. The molecule has 2 N–H and O–H groups in total. The summed E-state index contributed by atoms with van der Waals surface area (Å²) in [5, 5.41) is 3.06. The van der Waals surface area contributed by atoms with Crippen LogP contribution in [-0.4, -0.2) is 38.5 Å². The van der Waals surface area contributed by atoms with Crippen LogP contribution in [0.25, 0.3) is 0 Å². The molecule has 1 heterocycles. The van der Waals surface area contributed by atoms with Crippen LogP contribution >= 0.6 is 11.8 Å². The van der Waals surface area contributed by atoms with Crippen molar-refractivity contribution >= 4 is 27.5 Å². The predicted molar refractivity (Wildman–Crippen MR) is 76.6 cm³/mol. The van der Waals surface area contributed by atoms with Crippen molar-refractivity contribution in [1.29, 1.82) is 0 Å². The molecule has 0 unspecified atom stereocenters. The molecule has 18 heavy (non-hydrogen) atoms. The van der Waals surface area contributed by atoms with E-state index in [4.69, 9.17) is 0 Å². The van der Waals surface area contributed by atoms with Crippen LogP contribution in [0, 0.1) is 0 Å². The molecule has 102 valence electrons. The lowest BCUT2D eigenvalue weighted by molar-refractivity contribution is 0.577. The van der Waals surface area contributed by atoms with Gasteiger partial charge in [-0.1, -0.05) is 0 Å². The number of rotatable bonds is 8. The van der Waals surface area contributed by atoms with E-state index in [1.165, 1.54) is 6.20 Å². The summed E-state index contributed by atoms with van der Waals surface area (Å²) in [7, 11) is -3.53. The zero-order chi connectivity index (χ0) is 13.4. The van der Waals surface area contributed by atoms with Gasteiger partial charge in [-0.15, -0.1) is 0 Å². The van der Waals surface area contributed by atoms with Gasteiger partial charge >= 0.3 is 0 Å². The maximum absolute atomic E-state index is 12.1. The number of pyridine rings is 1. The number of nitrogens with one attached hydrogen (secondary N) is 2. The molecule has 1 aromatic heterocycles. The molecule has 0 fully saturated rings. The summed E-state index contributed by atoms with van der Waals surface area (Å²) in [6.07, 6.45) is 4.29. The van der Waals surface area contributed by atoms with Gasteiger partial charge in [0.2, 0.25) is 0 Å². The van der Waals surface area contributed by atoms with Crippen molar-refractivity contribution < 1.29 is 8.42 Å². The van der Waals surface area contributed by atoms with E-state index in [9.17, 15) is 8.42 Å². The molecule has 0 radical (unpaired) electrons. The minimum atomic E-state index is -3.53. The average molecular weight is 289 g/mol. The third-order valence-electron chi connectivity index (χ3n) is 2.21. The Morgan fingerprint density at radius 1 is 1.44 bits per heavy atom. The third kappa shape index (κ3) is 4.47. The van der Waals surface area contributed by atoms with Gasteiger partial charge in [0, 0.05) is 19.3 Å². The summed E-state index contributed by atoms with van der Waals surface area (Å²) >= 11 is 1.70. The van der Waals surface area contributed by atoms with Gasteiger partial charge in [-0.05, 0) is 37.5 Å². The number of thioether (sulfide) groups is 1. The van der Waals surface area contributed by atoms with Crippen LogP contribution in [0.5, 0.6) is 0 Å². The van der Waals surface area contributed by atoms with Gasteiger partial charge in [0.1, 0.15) is 0 Å². The Morgan fingerprint density at radius 2 is 2.22 bits per heavy atom. The summed E-state index contributed by atoms with van der Waals surface area (Å²) in [5.41, 5.74) is 0.539. The number of hydrogen-bond acceptors (Lipinski definition) is 5. The molecule has 0 atom stereocenters. The first-order valence-electron chi connectivity index (χ1n) is 5.79. The van der Waals surface area contributed by atoms with Crippen molar-refractivity contribution in [3.63, 3.8) is 0 Å². The van der Waals surface area contributed by atoms with Crippen LogP contribution in [0.1, 0.15) is 13.3 Å². The molecule has 0 aromatic carbocycles. The van der Waals surface area contributed by atoms with E-state index < -0.39 is 10.0 Å². The second-order valence-corrected chi connectivity index (χ2v) is 6.30. The quantitative estimate of drug-likeness (QED) is 0.710. The Labute approximate surface area is 113 Å². The SMILES string of the molecule is CCNc1cccnc1S(=O)(=O)NCCCSC. The molecule has 0 saturated carbocycles. The second-order valence-electron chi connectivity index (χ2n) is 3.63. The van der Waals surface area contributed by atoms with Gasteiger partial charge in [0.15, 0.2) is 5.03 Å². The van der Waals surface area contributed by atoms with Gasteiger partial charge in [0.25, 0.3) is 10.0 Å². The van der Waals surface area contributed by atoms with Crippen LogP contribution in [0.3, 0.4) is 0 Å². The minimum Gasteiger partial charge on any atom is -0.383 e. The third-order valence-corrected chi connectivity index (χ3v) is 4.33. The largest absolute Gasteiger partial charge is 0.383 e. The molecule has 0 aliphatic carbocycles. The van der Waals surface area contributed by atoms with Crippen LogP contribution < -0.4 is 10.0 Å². The van der Waals surface area contributed by atoms with E-state index in [1.54, 1.807) is 23.9 Å². The van der Waals surface area contributed by atoms with Gasteiger partial charge in [-0.2, -0.15) is 11.8 Å². The van der Waals surface area contributed by atoms with Crippen molar-refractivity contribution in [3.8, 4) is 0 Å². The Hall–Kier alpha value is -0.790. The van der Waals surface area contributed by atoms with E-state index in [0.717, 1.165) is 12.2 Å². The van der Waals surface area contributed by atoms with E-state index >= 15 is 0 Å². The molecule has 0 bridgehead atoms. The smallest absolute Gasteiger partial charge is 0.260 e. The highest BCUT2D eigenvalue weighted by Gasteiger charge is 2.18. The first kappa shape index (κ1) is 15.3. The van der Waals surface area contributed by atoms with Gasteiger partial charge in [-0.25, -0.2) is 18.1 Å². The first-order chi connectivity index (χ1) is 8.61. The number of nitrogens with zero attached hydrogens (tertiary/aromatic N) is 1. The summed E-state index contributed by atoms with van der Waals surface area (Å²) in [6.45, 7) is 3.00. The number of aromatic nitrogens is 1. The molecule has 0 spiro atoms. The topological polar surface area (TPSA) is 71.1 Å². The molecule has 1 rings (SSSR count). The molecular formula is C11H19N3O2S2. The van der Waals surface area contributed by atoms with Crippen molar-refractivity contribution in [1.82, 2.24) is 9.71 Å². The lowest BCUT2D eigenvalue weighted by atomic mass is 10.4. The molecule has 0 aliphatic rings. The summed E-state index contributed by atoms with van der Waals surface area (Å²) in [5.74, 6) is 0.935. The van der Waals surface area contributed by atoms with Crippen LogP contribution in [-0.2, 0) is 10.0 Å². The standard InChI is InChI=1S/C11H19N3O2S2/c1-3-12-10-6-4-7-13-11(10)18(15,16)14-8-5-9-17-2/h4,6-7,12,14H,3,5,8-9H2,1-2H3. The minimum absolute atomic E-state index is 0.0657. The van der Waals surface area contributed by atoms with Gasteiger partial charge in [-0.3, -0.25) is 0 Å². The van der Waals surface area contributed by atoms with E-state index in [2.05, 4.69) is 15.0 Å². The highest BCUT2D eigenvalue weighted by atomic mass is 32.2. The van der Waals surface area contributed by atoms with E-state index in [0.29, 0.717) is 18.8 Å². The fraction of sp³-hybridized carbons (Fsp3) is 0.545. The Morgan fingerprint density at radius 3 is 2.89 bits per heavy atom. The van der Waals surface area contributed by atoms with Gasteiger partial charge < -0.3 is 5.32 Å². The highest BCUT2D eigenvalue weighted by Crippen LogP contribution is 2.17. The number of hydrogen-bond donors (Lipinski definition) is 2. The van der Waals surface area contributed by atoms with Crippen molar-refractivity contribution in [3.05, 3.63) is 18.3 Å². The maximum atomic E-state index is 12.1. The average Bonchev–Trinajstić information content (AvgIpc) is 2.36. The van der Waals surface area contributed by atoms with Crippen LogP contribution in [0.4, 0.5) is 5.69 Å². The lowest BCUT2D eigenvalue weighted by Gasteiger charge is -2.10. The molecular weight excluding hydrogens is 270 g/mol. The highest BCUT2D eigenvalue weighted by molar-refractivity contribution is 7.98. The van der Waals surface area contributed by atoms with Crippen molar-refractivity contribution in [2.75, 3.05) is 30.4 Å². The Kier molecular flexibility index (Phi) is 6.45. The Bertz CT molecular complexity index is 463. The molecule has 0 amide bonds. The van der Waals surface area contributed by atoms with Crippen molar-refractivity contribution in [2.24, 2.45) is 0 Å². The lowest BCUT2D eigenvalue weighted by Crippen LogP contribution is -2.27. The maximum Gasteiger partial charge on any atom is 0.260 e. The van der Waals surface area contributed by atoms with Crippen molar-refractivity contribution in [2.45, 2.75) is 18.4 Å². The summed E-state index contributed by atoms with van der Waals surface area (Å²) in [6, 6.07) is 3.43. The monoisotopic (exact) mass is 289 g/mol. The normalized spacial score (nSPS) is 11.4. The molecule has 1 aromatic rings. The fourth-order valence-electron chi connectivity index (χ4n) is 1.42. The second kappa shape index (κ2) is 7.60. The Balaban J connectivity index is 2.77. The molecule has 5 nitrogen and oxygen atoms in total. The summed E-state index contributed by atoms with van der Waals surface area (Å²) < 4.78 is 26.7. The zero-order valence-corrected chi connectivity index (χ0v) is 12.3. The predicted octanol–water partition coefficient (Wildman–Crippen LogP) is 1.54. The van der Waals surface area contributed by atoms with Crippen LogP contribution in [0.15, 0.2) is 23.4 Å². The number of sulfonamides is 1. The van der Waals surface area contributed by atoms with E-state index in [-0.39, 0.29) is 5.03 Å². The first-order valence-corrected chi connectivity index (χ1v) is 8.67. The van der Waals surface area contributed by atoms with Crippen LogP contribution in [0.2, 0.25) is 0 Å². The molecule has 0 saturated heterocycles. The molecule has 7 heteroatoms. The van der Waals surface area contributed by atoms with E-state index in [1.807, 2.05) is 13.2 Å². The summed E-state index contributed by atoms with van der Waals surface area (Å²) in [4.78, 5) is 3.95.